The summed E-state index contributed by atoms with van der Waals surface area (Å²) in [6.45, 7) is 1.81. The number of nitrogens with one attached hydrogen (secondary N) is 1. The van der Waals surface area contributed by atoms with Crippen molar-refractivity contribution in [2.75, 3.05) is 13.2 Å². The number of benzene rings is 2. The number of ether oxygens (including phenoxy) is 5. The summed E-state index contributed by atoms with van der Waals surface area (Å²) >= 11 is 0. The van der Waals surface area contributed by atoms with Crippen LogP contribution in [0.1, 0.15) is 24.3 Å². The average molecular weight is 438 g/mol. The third-order valence-electron chi connectivity index (χ3n) is 5.38. The van der Waals surface area contributed by atoms with Gasteiger partial charge in [0.25, 0.3) is 0 Å². The Morgan fingerprint density at radius 1 is 1.09 bits per heavy atom. The minimum Gasteiger partial charge on any atom is -0.358 e. The van der Waals surface area contributed by atoms with Crippen molar-refractivity contribution in [3.8, 4) is 6.07 Å². The van der Waals surface area contributed by atoms with Crippen LogP contribution in [-0.4, -0.2) is 49.8 Å². The van der Waals surface area contributed by atoms with E-state index >= 15 is 0 Å². The molecule has 2 aromatic carbocycles. The molecule has 0 aliphatic carbocycles. The molecule has 2 heterocycles. The van der Waals surface area contributed by atoms with Crippen molar-refractivity contribution in [2.45, 2.75) is 50.5 Å². The molecule has 8 heteroatoms. The van der Waals surface area contributed by atoms with Gasteiger partial charge in [0.2, 0.25) is 5.91 Å². The second-order valence-corrected chi connectivity index (χ2v) is 7.68. The first-order valence-electron chi connectivity index (χ1n) is 10.5. The van der Waals surface area contributed by atoms with E-state index in [1.54, 1.807) is 0 Å². The predicted molar refractivity (Wildman–Crippen MR) is 113 cm³/mol. The number of hydrogen-bond donors (Lipinski definition) is 1. The van der Waals surface area contributed by atoms with Gasteiger partial charge >= 0.3 is 0 Å². The third-order valence-corrected chi connectivity index (χ3v) is 5.38. The van der Waals surface area contributed by atoms with Crippen LogP contribution >= 0.6 is 0 Å². The molecule has 0 aromatic heterocycles. The highest BCUT2D eigenvalue weighted by Crippen LogP contribution is 2.35. The molecule has 0 radical (unpaired) electrons. The van der Waals surface area contributed by atoms with Gasteiger partial charge in [0, 0.05) is 12.5 Å². The van der Waals surface area contributed by atoms with E-state index in [1.807, 2.05) is 66.7 Å². The summed E-state index contributed by atoms with van der Waals surface area (Å²) < 4.78 is 30.2. The van der Waals surface area contributed by atoms with Crippen LogP contribution in [0.4, 0.5) is 0 Å². The number of carbonyl (C=O) groups is 1. The van der Waals surface area contributed by atoms with E-state index in [0.717, 1.165) is 11.1 Å². The molecule has 2 fully saturated rings. The standard InChI is InChI=1S/C24H26N2O6/c1-16(27)26-20-22(28-13-12-25)21-19(15-30-23(32-21)18-10-6-3-7-11-18)31-24(20)29-14-17-8-4-2-5-9-17/h2-11,19-24H,13-15H2,1H3,(H,26,27)/t19-,20+,21-,22-,23+,24-/m1/s1. The first kappa shape index (κ1) is 22.4. The molecule has 2 aliphatic rings. The van der Waals surface area contributed by atoms with Crippen molar-refractivity contribution >= 4 is 5.91 Å². The normalized spacial score (nSPS) is 29.5. The zero-order valence-electron chi connectivity index (χ0n) is 17.8. The molecule has 0 unspecified atom stereocenters. The molecule has 32 heavy (non-hydrogen) atoms. The number of nitrogens with zero attached hydrogens (tertiary/aromatic N) is 1. The van der Waals surface area contributed by atoms with Crippen molar-refractivity contribution in [1.82, 2.24) is 5.32 Å². The lowest BCUT2D eigenvalue weighted by atomic mass is 9.95. The maximum absolute atomic E-state index is 12.0. The van der Waals surface area contributed by atoms with Gasteiger partial charge < -0.3 is 29.0 Å². The fourth-order valence-electron chi connectivity index (χ4n) is 3.97. The SMILES string of the molecule is CC(=O)N[C@@H]1[C@H](OCc2ccccc2)O[C@@H]2CO[C@H](c3ccccc3)O[C@H]2[C@@H]1OCC#N. The number of fused-ring (bicyclic) bond motifs is 1. The summed E-state index contributed by atoms with van der Waals surface area (Å²) in [6.07, 6.45) is -3.10. The maximum atomic E-state index is 12.0. The van der Waals surface area contributed by atoms with Crippen LogP contribution < -0.4 is 5.32 Å². The lowest BCUT2D eigenvalue weighted by Gasteiger charge is -2.49. The summed E-state index contributed by atoms with van der Waals surface area (Å²) in [4.78, 5) is 12.0. The number of hydrogen-bond acceptors (Lipinski definition) is 7. The molecule has 2 saturated heterocycles. The summed E-state index contributed by atoms with van der Waals surface area (Å²) in [6, 6.07) is 20.5. The van der Waals surface area contributed by atoms with Crippen LogP contribution in [0, 0.1) is 11.3 Å². The second kappa shape index (κ2) is 10.7. The zero-order chi connectivity index (χ0) is 22.3. The second-order valence-electron chi connectivity index (χ2n) is 7.68. The molecule has 1 amide bonds. The summed E-state index contributed by atoms with van der Waals surface area (Å²) in [5, 5.41) is 12.0. The van der Waals surface area contributed by atoms with Crippen LogP contribution in [0.3, 0.4) is 0 Å². The minimum absolute atomic E-state index is 0.157. The molecule has 0 spiro atoms. The highest BCUT2D eigenvalue weighted by atomic mass is 16.7. The molecule has 0 bridgehead atoms. The molecule has 2 aliphatic heterocycles. The van der Waals surface area contributed by atoms with Crippen LogP contribution in [0.25, 0.3) is 0 Å². The van der Waals surface area contributed by atoms with E-state index in [2.05, 4.69) is 5.32 Å². The fraction of sp³-hybridized carbons (Fsp3) is 0.417. The van der Waals surface area contributed by atoms with Gasteiger partial charge in [-0.2, -0.15) is 5.26 Å². The Hall–Kier alpha value is -2.80. The van der Waals surface area contributed by atoms with Gasteiger partial charge in [0.1, 0.15) is 31.0 Å². The van der Waals surface area contributed by atoms with Gasteiger partial charge in [-0.05, 0) is 5.56 Å². The Labute approximate surface area is 187 Å². The molecule has 6 atom stereocenters. The molecule has 4 rings (SSSR count). The van der Waals surface area contributed by atoms with Crippen molar-refractivity contribution in [3.63, 3.8) is 0 Å². The smallest absolute Gasteiger partial charge is 0.217 e. The Morgan fingerprint density at radius 3 is 2.50 bits per heavy atom. The monoisotopic (exact) mass is 438 g/mol. The van der Waals surface area contributed by atoms with E-state index in [0.29, 0.717) is 0 Å². The Kier molecular flexibility index (Phi) is 7.47. The quantitative estimate of drug-likeness (QED) is 0.709. The highest BCUT2D eigenvalue weighted by molar-refractivity contribution is 5.73. The van der Waals surface area contributed by atoms with E-state index in [1.165, 1.54) is 6.92 Å². The summed E-state index contributed by atoms with van der Waals surface area (Å²) in [5.74, 6) is -0.261. The third kappa shape index (κ3) is 5.33. The number of carbonyl (C=O) groups excluding carboxylic acids is 1. The molecule has 168 valence electrons. The molecule has 2 aromatic rings. The Balaban J connectivity index is 1.55. The van der Waals surface area contributed by atoms with Gasteiger partial charge in [0.05, 0.1) is 19.3 Å². The van der Waals surface area contributed by atoms with E-state index in [9.17, 15) is 4.79 Å². The Bertz CT molecular complexity index is 919. The van der Waals surface area contributed by atoms with Gasteiger partial charge in [0.15, 0.2) is 12.6 Å². The van der Waals surface area contributed by atoms with Crippen LogP contribution in [0.2, 0.25) is 0 Å². The van der Waals surface area contributed by atoms with Crippen molar-refractivity contribution < 1.29 is 28.5 Å². The summed E-state index contributed by atoms with van der Waals surface area (Å²) in [7, 11) is 0. The summed E-state index contributed by atoms with van der Waals surface area (Å²) in [5.41, 5.74) is 1.83. The average Bonchev–Trinajstić information content (AvgIpc) is 2.82. The molecule has 1 N–H and O–H groups in total. The fourth-order valence-corrected chi connectivity index (χ4v) is 3.97. The first-order valence-corrected chi connectivity index (χ1v) is 10.5. The van der Waals surface area contributed by atoms with E-state index in [-0.39, 0.29) is 25.7 Å². The van der Waals surface area contributed by atoms with E-state index in [4.69, 9.17) is 28.9 Å². The Morgan fingerprint density at radius 2 is 1.81 bits per heavy atom. The van der Waals surface area contributed by atoms with Crippen LogP contribution in [0.5, 0.6) is 0 Å². The van der Waals surface area contributed by atoms with E-state index < -0.39 is 36.9 Å². The number of amides is 1. The van der Waals surface area contributed by atoms with Crippen LogP contribution in [-0.2, 0) is 35.1 Å². The maximum Gasteiger partial charge on any atom is 0.217 e. The predicted octanol–water partition coefficient (Wildman–Crippen LogP) is 2.46. The lowest BCUT2D eigenvalue weighted by Crippen LogP contribution is -2.67. The van der Waals surface area contributed by atoms with Gasteiger partial charge in [-0.15, -0.1) is 0 Å². The first-order chi connectivity index (χ1) is 15.7. The van der Waals surface area contributed by atoms with Crippen molar-refractivity contribution in [1.29, 1.82) is 5.26 Å². The van der Waals surface area contributed by atoms with Gasteiger partial charge in [-0.1, -0.05) is 60.7 Å². The number of rotatable bonds is 7. The van der Waals surface area contributed by atoms with Crippen molar-refractivity contribution in [2.24, 2.45) is 0 Å². The molecular weight excluding hydrogens is 412 g/mol. The number of nitriles is 1. The van der Waals surface area contributed by atoms with Crippen LogP contribution in [0.15, 0.2) is 60.7 Å². The van der Waals surface area contributed by atoms with Crippen molar-refractivity contribution in [3.05, 3.63) is 71.8 Å². The minimum atomic E-state index is -0.801. The van der Waals surface area contributed by atoms with Gasteiger partial charge in [-0.25, -0.2) is 0 Å². The zero-order valence-corrected chi connectivity index (χ0v) is 17.8. The topological polar surface area (TPSA) is 99.0 Å². The molecular formula is C24H26N2O6. The lowest BCUT2D eigenvalue weighted by molar-refractivity contribution is -0.348. The van der Waals surface area contributed by atoms with Gasteiger partial charge in [-0.3, -0.25) is 4.79 Å². The highest BCUT2D eigenvalue weighted by Gasteiger charge is 2.51. The molecule has 8 nitrogen and oxygen atoms in total. The largest absolute Gasteiger partial charge is 0.358 e. The molecule has 0 saturated carbocycles.